The summed E-state index contributed by atoms with van der Waals surface area (Å²) in [5.74, 6) is 0. The van der Waals surface area contributed by atoms with Crippen LogP contribution >= 0.6 is 0 Å². The van der Waals surface area contributed by atoms with Crippen LogP contribution in [0, 0.1) is 0 Å². The van der Waals surface area contributed by atoms with Gasteiger partial charge in [-0.3, -0.25) is 0 Å². The fourth-order valence-electron chi connectivity index (χ4n) is 8.01. The molecule has 2 aliphatic heterocycles. The molecule has 0 fully saturated rings. The van der Waals surface area contributed by atoms with E-state index in [2.05, 4.69) is 148 Å². The van der Waals surface area contributed by atoms with Gasteiger partial charge in [-0.2, -0.15) is 0 Å². The van der Waals surface area contributed by atoms with E-state index >= 15 is 0 Å². The highest BCUT2D eigenvalue weighted by atomic mass is 15.2. The zero-order valence-electron chi connectivity index (χ0n) is 23.0. The Morgan fingerprint density at radius 1 is 0.595 bits per heavy atom. The van der Waals surface area contributed by atoms with Crippen LogP contribution in [0.3, 0.4) is 0 Å². The summed E-state index contributed by atoms with van der Waals surface area (Å²) < 4.78 is 5.20. The van der Waals surface area contributed by atoms with E-state index in [0.29, 0.717) is 0 Å². The molecule has 3 nitrogen and oxygen atoms in total. The van der Waals surface area contributed by atoms with Crippen LogP contribution in [0.5, 0.6) is 0 Å². The minimum atomic E-state index is 0.103. The Hall–Kier alpha value is -5.22. The summed E-state index contributed by atoms with van der Waals surface area (Å²) in [5.41, 5.74) is 15.8. The third kappa shape index (κ3) is 2.72. The van der Waals surface area contributed by atoms with Crippen LogP contribution in [0.1, 0.15) is 17.7 Å². The van der Waals surface area contributed by atoms with Crippen molar-refractivity contribution < 1.29 is 0 Å². The molecule has 0 bridgehead atoms. The maximum atomic E-state index is 2.61. The zero-order chi connectivity index (χ0) is 27.4. The summed E-state index contributed by atoms with van der Waals surface area (Å²) in [4.78, 5) is 2.48. The summed E-state index contributed by atoms with van der Waals surface area (Å²) in [6.45, 7) is 0.103. The van der Waals surface area contributed by atoms with Gasteiger partial charge in [-0.15, -0.1) is 0 Å². The lowest BCUT2D eigenvalue weighted by Crippen LogP contribution is -2.62. The maximum absolute atomic E-state index is 2.61. The van der Waals surface area contributed by atoms with Crippen LogP contribution in [0.15, 0.2) is 127 Å². The molecule has 0 N–H and O–H groups in total. The summed E-state index contributed by atoms with van der Waals surface area (Å²) in [6, 6.07) is 44.6. The average Bonchev–Trinajstić information content (AvgIpc) is 3.58. The van der Waals surface area contributed by atoms with Crippen molar-refractivity contribution in [2.75, 3.05) is 4.90 Å². The molecule has 0 amide bonds. The van der Waals surface area contributed by atoms with Crippen molar-refractivity contribution in [3.05, 3.63) is 139 Å². The second kappa shape index (κ2) is 8.17. The van der Waals surface area contributed by atoms with Crippen LogP contribution in [0.2, 0.25) is 0 Å². The third-order valence-electron chi connectivity index (χ3n) is 9.55. The Bertz CT molecular complexity index is 2260. The smallest absolute Gasteiger partial charge is 0.273 e. The van der Waals surface area contributed by atoms with Crippen LogP contribution in [-0.4, -0.2) is 15.8 Å². The van der Waals surface area contributed by atoms with Gasteiger partial charge in [0.25, 0.3) is 6.71 Å². The highest BCUT2D eigenvalue weighted by molar-refractivity contribution is 7.00. The summed E-state index contributed by atoms with van der Waals surface area (Å²) in [7, 11) is 0. The standard InChI is InChI=1S/C38H26BN3/c1-3-13-25(14-4-1)40-33-22-12-9-19-30(33)39-35-34(40)24-23-28-27-17-7-10-20-31(27)42(36(28)35)37-29-18-8-11-21-32(29)41(38(37)39)26-15-5-2-6-16-26/h1-10,12-20,22-24H,11,21H2. The first-order valence-electron chi connectivity index (χ1n) is 14.9. The molecule has 0 atom stereocenters. The Labute approximate surface area is 244 Å². The van der Waals surface area contributed by atoms with Crippen molar-refractivity contribution >= 4 is 68.2 Å². The molecule has 42 heavy (non-hydrogen) atoms. The highest BCUT2D eigenvalue weighted by Gasteiger charge is 2.45. The van der Waals surface area contributed by atoms with Gasteiger partial charge in [0.1, 0.15) is 0 Å². The van der Waals surface area contributed by atoms with E-state index in [0.717, 1.165) is 12.8 Å². The lowest BCUT2D eigenvalue weighted by atomic mass is 9.35. The first-order valence-corrected chi connectivity index (χ1v) is 14.9. The molecule has 0 saturated heterocycles. The van der Waals surface area contributed by atoms with Crippen molar-refractivity contribution in [2.24, 2.45) is 0 Å². The van der Waals surface area contributed by atoms with E-state index in [4.69, 9.17) is 0 Å². The molecule has 0 radical (unpaired) electrons. The van der Waals surface area contributed by atoms with Gasteiger partial charge < -0.3 is 14.0 Å². The van der Waals surface area contributed by atoms with Gasteiger partial charge in [-0.25, -0.2) is 0 Å². The molecular weight excluding hydrogens is 509 g/mol. The van der Waals surface area contributed by atoms with Gasteiger partial charge in [0, 0.05) is 50.4 Å². The molecule has 2 aromatic heterocycles. The third-order valence-corrected chi connectivity index (χ3v) is 9.55. The number of benzene rings is 5. The predicted octanol–water partition coefficient (Wildman–Crippen LogP) is 7.15. The Kier molecular flexibility index (Phi) is 4.37. The fraction of sp³-hybridized carbons (Fsp3) is 0.0526. The minimum Gasteiger partial charge on any atom is -0.323 e. The second-order valence-corrected chi connectivity index (χ2v) is 11.6. The first-order chi connectivity index (χ1) is 20.9. The summed E-state index contributed by atoms with van der Waals surface area (Å²) in [6.07, 6.45) is 6.84. The Morgan fingerprint density at radius 2 is 1.33 bits per heavy atom. The van der Waals surface area contributed by atoms with Crippen molar-refractivity contribution in [3.8, 4) is 11.4 Å². The zero-order valence-corrected chi connectivity index (χ0v) is 23.0. The molecule has 1 aliphatic carbocycles. The number of hydrogen-bond acceptors (Lipinski definition) is 1. The van der Waals surface area contributed by atoms with Crippen LogP contribution in [0.25, 0.3) is 39.3 Å². The SMILES string of the molecule is C1=Cc2c3c(n(-c4ccccc4)c2CC1)B1c2ccccc2N(c2ccccc2)c2ccc4c5ccccc5n-3c4c21. The van der Waals surface area contributed by atoms with E-state index in [1.54, 1.807) is 0 Å². The van der Waals surface area contributed by atoms with Gasteiger partial charge in [-0.1, -0.05) is 91.0 Å². The van der Waals surface area contributed by atoms with Crippen LogP contribution < -0.4 is 21.4 Å². The van der Waals surface area contributed by atoms with Crippen molar-refractivity contribution in [2.45, 2.75) is 12.8 Å². The molecule has 0 unspecified atom stereocenters. The molecule has 3 aliphatic rings. The van der Waals surface area contributed by atoms with E-state index < -0.39 is 0 Å². The van der Waals surface area contributed by atoms with Crippen molar-refractivity contribution in [3.63, 3.8) is 0 Å². The molecule has 4 heterocycles. The largest absolute Gasteiger partial charge is 0.323 e. The Balaban J connectivity index is 1.45. The number of anilines is 3. The molecule has 0 spiro atoms. The van der Waals surface area contributed by atoms with Crippen LogP contribution in [0.4, 0.5) is 17.1 Å². The average molecular weight is 535 g/mol. The number of fused-ring (bicyclic) bond motifs is 10. The number of allylic oxidation sites excluding steroid dienone is 1. The summed E-state index contributed by atoms with van der Waals surface area (Å²) >= 11 is 0. The van der Waals surface area contributed by atoms with Gasteiger partial charge in [0.2, 0.25) is 0 Å². The normalized spacial score (nSPS) is 14.3. The number of hydrogen-bond donors (Lipinski definition) is 0. The molecule has 10 rings (SSSR count). The number of para-hydroxylation sites is 4. The van der Waals surface area contributed by atoms with Crippen molar-refractivity contribution in [1.29, 1.82) is 0 Å². The van der Waals surface area contributed by atoms with E-state index in [1.165, 1.54) is 78.0 Å². The van der Waals surface area contributed by atoms with E-state index in [1.807, 2.05) is 0 Å². The Morgan fingerprint density at radius 3 is 2.19 bits per heavy atom. The first kappa shape index (κ1) is 22.5. The highest BCUT2D eigenvalue weighted by Crippen LogP contribution is 2.44. The van der Waals surface area contributed by atoms with Crippen LogP contribution in [-0.2, 0) is 6.42 Å². The molecule has 5 aromatic carbocycles. The van der Waals surface area contributed by atoms with Gasteiger partial charge in [0.05, 0.1) is 16.7 Å². The predicted molar refractivity (Wildman–Crippen MR) is 177 cm³/mol. The lowest BCUT2D eigenvalue weighted by Gasteiger charge is -2.39. The van der Waals surface area contributed by atoms with E-state index in [9.17, 15) is 0 Å². The molecule has 4 heteroatoms. The fourth-order valence-corrected chi connectivity index (χ4v) is 8.01. The number of aromatic nitrogens is 2. The van der Waals surface area contributed by atoms with Crippen molar-refractivity contribution in [1.82, 2.24) is 9.13 Å². The number of rotatable bonds is 2. The molecule has 0 saturated carbocycles. The quantitative estimate of drug-likeness (QED) is 0.215. The molecule has 196 valence electrons. The maximum Gasteiger partial charge on any atom is 0.273 e. The lowest BCUT2D eigenvalue weighted by molar-refractivity contribution is 0.884. The molecular formula is C38H26BN3. The topological polar surface area (TPSA) is 13.1 Å². The summed E-state index contributed by atoms with van der Waals surface area (Å²) in [5, 5.41) is 2.64. The monoisotopic (exact) mass is 535 g/mol. The van der Waals surface area contributed by atoms with Gasteiger partial charge in [0.15, 0.2) is 0 Å². The second-order valence-electron chi connectivity index (χ2n) is 11.6. The minimum absolute atomic E-state index is 0.103. The van der Waals surface area contributed by atoms with E-state index in [-0.39, 0.29) is 6.71 Å². The van der Waals surface area contributed by atoms with Gasteiger partial charge >= 0.3 is 0 Å². The molecule has 7 aromatic rings. The van der Waals surface area contributed by atoms with Gasteiger partial charge in [-0.05, 0) is 66.2 Å². The number of nitrogens with zero attached hydrogens (tertiary/aromatic N) is 3.